The Hall–Kier alpha value is -2.75. The second-order valence-electron chi connectivity index (χ2n) is 7.10. The SMILES string of the molecule is CCCCNC(=O)c1csc(CSc2nnc(-c3ccccc3Cl)n2-c2ccccc2F)n1. The Balaban J connectivity index is 1.60. The van der Waals surface area contributed by atoms with Gasteiger partial charge in [-0.15, -0.1) is 21.5 Å². The Morgan fingerprint density at radius 1 is 1.18 bits per heavy atom. The number of hydrogen-bond acceptors (Lipinski definition) is 6. The first-order valence-corrected chi connectivity index (χ1v) is 12.6. The van der Waals surface area contributed by atoms with Gasteiger partial charge < -0.3 is 5.32 Å². The van der Waals surface area contributed by atoms with Crippen LogP contribution in [0, 0.1) is 5.82 Å². The highest BCUT2D eigenvalue weighted by atomic mass is 35.5. The highest BCUT2D eigenvalue weighted by molar-refractivity contribution is 7.98. The number of thioether (sulfide) groups is 1. The van der Waals surface area contributed by atoms with Crippen LogP contribution in [-0.2, 0) is 5.75 Å². The zero-order valence-electron chi connectivity index (χ0n) is 17.8. The summed E-state index contributed by atoms with van der Waals surface area (Å²) < 4.78 is 16.4. The van der Waals surface area contributed by atoms with Gasteiger partial charge in [0.1, 0.15) is 16.5 Å². The van der Waals surface area contributed by atoms with Crippen molar-refractivity contribution in [1.82, 2.24) is 25.1 Å². The van der Waals surface area contributed by atoms with Crippen LogP contribution in [0.2, 0.25) is 5.02 Å². The van der Waals surface area contributed by atoms with E-state index < -0.39 is 5.82 Å². The molecule has 0 spiro atoms. The molecule has 0 saturated carbocycles. The lowest BCUT2D eigenvalue weighted by atomic mass is 10.2. The molecule has 2 aromatic heterocycles. The summed E-state index contributed by atoms with van der Waals surface area (Å²) in [5, 5.41) is 15.0. The van der Waals surface area contributed by atoms with E-state index in [0.717, 1.165) is 17.8 Å². The fourth-order valence-electron chi connectivity index (χ4n) is 3.11. The standard InChI is InChI=1S/C23H21ClFN5OS2/c1-2-3-12-26-22(31)18-13-32-20(27-18)14-33-23-29-28-21(15-8-4-5-9-16(15)24)30(23)19-11-7-6-10-17(19)25/h4-11,13H,2-3,12,14H2,1H3,(H,26,31). The molecule has 0 unspecified atom stereocenters. The minimum Gasteiger partial charge on any atom is -0.351 e. The molecule has 0 radical (unpaired) electrons. The van der Waals surface area contributed by atoms with Gasteiger partial charge in [-0.2, -0.15) is 0 Å². The van der Waals surface area contributed by atoms with E-state index in [2.05, 4.69) is 27.4 Å². The van der Waals surface area contributed by atoms with Crippen LogP contribution in [0.25, 0.3) is 17.1 Å². The third kappa shape index (κ3) is 5.43. The van der Waals surface area contributed by atoms with Gasteiger partial charge in [-0.25, -0.2) is 9.37 Å². The molecule has 0 aliphatic rings. The molecule has 2 aromatic carbocycles. The van der Waals surface area contributed by atoms with Crippen molar-refractivity contribution in [3.05, 3.63) is 75.5 Å². The average Bonchev–Trinajstić information content (AvgIpc) is 3.46. The number of carbonyl (C=O) groups excluding carboxylic acids is 1. The molecule has 0 bridgehead atoms. The molecular formula is C23H21ClFN5OS2. The second kappa shape index (κ2) is 10.9. The number of halogens is 2. The maximum atomic E-state index is 14.7. The minimum atomic E-state index is -0.396. The summed E-state index contributed by atoms with van der Waals surface area (Å²) in [6.45, 7) is 2.70. The highest BCUT2D eigenvalue weighted by Gasteiger charge is 2.21. The number of nitrogens with one attached hydrogen (secondary N) is 1. The predicted octanol–water partition coefficient (Wildman–Crippen LogP) is 6.01. The first kappa shape index (κ1) is 23.4. The maximum Gasteiger partial charge on any atom is 0.270 e. The number of aromatic nitrogens is 4. The van der Waals surface area contributed by atoms with E-state index in [4.69, 9.17) is 11.6 Å². The van der Waals surface area contributed by atoms with E-state index in [1.807, 2.05) is 18.2 Å². The van der Waals surface area contributed by atoms with Gasteiger partial charge >= 0.3 is 0 Å². The van der Waals surface area contributed by atoms with Crippen molar-refractivity contribution < 1.29 is 9.18 Å². The third-order valence-electron chi connectivity index (χ3n) is 4.77. The van der Waals surface area contributed by atoms with Crippen LogP contribution in [0.1, 0.15) is 35.3 Å². The Bertz CT molecular complexity index is 1260. The predicted molar refractivity (Wildman–Crippen MR) is 131 cm³/mol. The lowest BCUT2D eigenvalue weighted by Crippen LogP contribution is -2.24. The normalized spacial score (nSPS) is 11.0. The molecular weight excluding hydrogens is 481 g/mol. The summed E-state index contributed by atoms with van der Waals surface area (Å²) in [6, 6.07) is 13.7. The first-order chi connectivity index (χ1) is 16.1. The van der Waals surface area contributed by atoms with Crippen molar-refractivity contribution in [2.75, 3.05) is 6.54 Å². The fraction of sp³-hybridized carbons (Fsp3) is 0.217. The van der Waals surface area contributed by atoms with E-state index >= 15 is 0 Å². The number of carbonyl (C=O) groups is 1. The molecule has 0 atom stereocenters. The number of thiazole rings is 1. The third-order valence-corrected chi connectivity index (χ3v) is 7.07. The molecule has 170 valence electrons. The fourth-order valence-corrected chi connectivity index (χ4v) is 5.06. The topological polar surface area (TPSA) is 72.7 Å². The largest absolute Gasteiger partial charge is 0.351 e. The highest BCUT2D eigenvalue weighted by Crippen LogP contribution is 2.34. The lowest BCUT2D eigenvalue weighted by Gasteiger charge is -2.11. The molecule has 33 heavy (non-hydrogen) atoms. The van der Waals surface area contributed by atoms with Crippen molar-refractivity contribution in [3.63, 3.8) is 0 Å². The molecule has 4 rings (SSSR count). The van der Waals surface area contributed by atoms with Gasteiger partial charge in [0.25, 0.3) is 5.91 Å². The van der Waals surface area contributed by atoms with Gasteiger partial charge in [-0.05, 0) is 30.7 Å². The van der Waals surface area contributed by atoms with Crippen molar-refractivity contribution >= 4 is 40.6 Å². The Morgan fingerprint density at radius 2 is 1.97 bits per heavy atom. The van der Waals surface area contributed by atoms with Crippen LogP contribution in [0.15, 0.2) is 59.1 Å². The van der Waals surface area contributed by atoms with Gasteiger partial charge in [0.15, 0.2) is 11.0 Å². The molecule has 4 aromatic rings. The lowest BCUT2D eigenvalue weighted by molar-refractivity contribution is 0.0948. The van der Waals surface area contributed by atoms with Crippen molar-refractivity contribution in [3.8, 4) is 17.1 Å². The van der Waals surface area contributed by atoms with Gasteiger partial charge in [-0.3, -0.25) is 9.36 Å². The first-order valence-electron chi connectivity index (χ1n) is 10.4. The van der Waals surface area contributed by atoms with Crippen LogP contribution in [0.4, 0.5) is 4.39 Å². The van der Waals surface area contributed by atoms with Crippen LogP contribution < -0.4 is 5.32 Å². The van der Waals surface area contributed by atoms with E-state index in [-0.39, 0.29) is 5.91 Å². The Morgan fingerprint density at radius 3 is 2.76 bits per heavy atom. The van der Waals surface area contributed by atoms with Gasteiger partial charge in [0.2, 0.25) is 0 Å². The van der Waals surface area contributed by atoms with Crippen LogP contribution in [-0.4, -0.2) is 32.2 Å². The number of benzene rings is 2. The summed E-state index contributed by atoms with van der Waals surface area (Å²) in [4.78, 5) is 16.7. The molecule has 10 heteroatoms. The number of nitrogens with zero attached hydrogens (tertiary/aromatic N) is 4. The number of rotatable bonds is 9. The summed E-state index contributed by atoms with van der Waals surface area (Å²) in [5.41, 5.74) is 1.39. The van der Waals surface area contributed by atoms with Gasteiger partial charge in [0, 0.05) is 17.5 Å². The molecule has 6 nitrogen and oxygen atoms in total. The molecule has 0 fully saturated rings. The molecule has 0 aliphatic carbocycles. The van der Waals surface area contributed by atoms with Crippen LogP contribution in [0.5, 0.6) is 0 Å². The Kier molecular flexibility index (Phi) is 7.74. The van der Waals surface area contributed by atoms with E-state index in [1.165, 1.54) is 29.2 Å². The summed E-state index contributed by atoms with van der Waals surface area (Å²) >= 11 is 9.16. The molecule has 2 heterocycles. The van der Waals surface area contributed by atoms with E-state index in [1.54, 1.807) is 34.2 Å². The van der Waals surface area contributed by atoms with Crippen molar-refractivity contribution in [2.45, 2.75) is 30.7 Å². The number of para-hydroxylation sites is 1. The summed E-state index contributed by atoms with van der Waals surface area (Å²) in [5.74, 6) is 0.338. The summed E-state index contributed by atoms with van der Waals surface area (Å²) in [6.07, 6.45) is 1.94. The van der Waals surface area contributed by atoms with Crippen LogP contribution in [0.3, 0.4) is 0 Å². The van der Waals surface area contributed by atoms with E-state index in [9.17, 15) is 9.18 Å². The molecule has 0 aliphatic heterocycles. The molecule has 1 N–H and O–H groups in total. The maximum absolute atomic E-state index is 14.7. The zero-order chi connectivity index (χ0) is 23.2. The van der Waals surface area contributed by atoms with E-state index in [0.29, 0.717) is 45.2 Å². The molecule has 1 amide bonds. The van der Waals surface area contributed by atoms with Gasteiger partial charge in [0.05, 0.1) is 16.5 Å². The average molecular weight is 502 g/mol. The number of hydrogen-bond donors (Lipinski definition) is 1. The smallest absolute Gasteiger partial charge is 0.270 e. The number of amides is 1. The van der Waals surface area contributed by atoms with Crippen molar-refractivity contribution in [2.24, 2.45) is 0 Å². The second-order valence-corrected chi connectivity index (χ2v) is 9.39. The van der Waals surface area contributed by atoms with Crippen molar-refractivity contribution in [1.29, 1.82) is 0 Å². The minimum absolute atomic E-state index is 0.175. The monoisotopic (exact) mass is 501 g/mol. The molecule has 0 saturated heterocycles. The summed E-state index contributed by atoms with van der Waals surface area (Å²) in [7, 11) is 0. The Labute approximate surface area is 204 Å². The zero-order valence-corrected chi connectivity index (χ0v) is 20.2. The van der Waals surface area contributed by atoms with Crippen LogP contribution >= 0.6 is 34.7 Å². The van der Waals surface area contributed by atoms with Gasteiger partial charge in [-0.1, -0.05) is 61.0 Å². The number of unbranched alkanes of at least 4 members (excludes halogenated alkanes) is 1. The quantitative estimate of drug-likeness (QED) is 0.225.